The largest absolute Gasteiger partial charge is 0.280 e. The van der Waals surface area contributed by atoms with Crippen LogP contribution in [0.2, 0.25) is 0 Å². The number of nitrogens with zero attached hydrogens (tertiary/aromatic N) is 1. The van der Waals surface area contributed by atoms with Gasteiger partial charge in [-0.1, -0.05) is 13.3 Å². The Labute approximate surface area is 165 Å². The summed E-state index contributed by atoms with van der Waals surface area (Å²) >= 11 is 0. The van der Waals surface area contributed by atoms with Gasteiger partial charge < -0.3 is 0 Å². The fourth-order valence-corrected chi connectivity index (χ4v) is 6.18. The highest BCUT2D eigenvalue weighted by molar-refractivity contribution is 7.92. The summed E-state index contributed by atoms with van der Waals surface area (Å²) in [6, 6.07) is 10.1. The maximum atomic E-state index is 13.0. The summed E-state index contributed by atoms with van der Waals surface area (Å²) in [6.07, 6.45) is 3.47. The molecule has 2 aromatic carbocycles. The summed E-state index contributed by atoms with van der Waals surface area (Å²) in [5.74, 6) is -0.531. The van der Waals surface area contributed by atoms with Crippen LogP contribution in [0.15, 0.2) is 58.3 Å². The molecule has 1 atom stereocenters. The number of piperidine rings is 1. The first kappa shape index (κ1) is 20.8. The Kier molecular flexibility index (Phi) is 6.07. The van der Waals surface area contributed by atoms with Crippen molar-refractivity contribution in [3.05, 3.63) is 54.3 Å². The molecule has 3 rings (SSSR count). The Hall–Kier alpha value is -1.97. The van der Waals surface area contributed by atoms with E-state index in [-0.39, 0.29) is 21.5 Å². The number of anilines is 1. The minimum absolute atomic E-state index is 0.00425. The minimum atomic E-state index is -3.89. The van der Waals surface area contributed by atoms with E-state index >= 15 is 0 Å². The van der Waals surface area contributed by atoms with Crippen LogP contribution in [-0.4, -0.2) is 33.7 Å². The van der Waals surface area contributed by atoms with E-state index in [0.29, 0.717) is 6.54 Å². The van der Waals surface area contributed by atoms with Gasteiger partial charge in [-0.2, -0.15) is 4.31 Å². The van der Waals surface area contributed by atoms with Crippen molar-refractivity contribution in [1.82, 2.24) is 4.31 Å². The van der Waals surface area contributed by atoms with Gasteiger partial charge in [0, 0.05) is 18.3 Å². The highest BCUT2D eigenvalue weighted by Gasteiger charge is 2.32. The van der Waals surface area contributed by atoms with E-state index < -0.39 is 25.9 Å². The predicted octanol–water partition coefficient (Wildman–Crippen LogP) is 3.58. The third-order valence-corrected chi connectivity index (χ3v) is 8.24. The van der Waals surface area contributed by atoms with Gasteiger partial charge in [0.05, 0.1) is 9.79 Å². The van der Waals surface area contributed by atoms with E-state index in [1.54, 1.807) is 4.31 Å². The average Bonchev–Trinajstić information content (AvgIpc) is 2.68. The molecule has 0 amide bonds. The van der Waals surface area contributed by atoms with Gasteiger partial charge in [-0.25, -0.2) is 21.2 Å². The molecule has 0 saturated carbocycles. The van der Waals surface area contributed by atoms with Crippen molar-refractivity contribution in [3.8, 4) is 0 Å². The van der Waals surface area contributed by atoms with E-state index in [1.807, 2.05) is 6.92 Å². The molecule has 1 N–H and O–H groups in total. The molecule has 2 aromatic rings. The van der Waals surface area contributed by atoms with E-state index in [2.05, 4.69) is 4.72 Å². The molecule has 9 heteroatoms. The maximum Gasteiger partial charge on any atom is 0.261 e. The number of hydrogen-bond donors (Lipinski definition) is 1. The second kappa shape index (κ2) is 8.18. The van der Waals surface area contributed by atoms with Crippen LogP contribution >= 0.6 is 0 Å². The number of hydrogen-bond acceptors (Lipinski definition) is 4. The number of nitrogens with one attached hydrogen (secondary N) is 1. The predicted molar refractivity (Wildman–Crippen MR) is 105 cm³/mol. The molecule has 0 aliphatic carbocycles. The Balaban J connectivity index is 1.80. The molecule has 1 saturated heterocycles. The van der Waals surface area contributed by atoms with Crippen LogP contribution in [0, 0.1) is 5.82 Å². The number of halogens is 1. The molecule has 28 heavy (non-hydrogen) atoms. The molecule has 152 valence electrons. The quantitative estimate of drug-likeness (QED) is 0.765. The molecular weight excluding hydrogens is 403 g/mol. The van der Waals surface area contributed by atoms with Gasteiger partial charge >= 0.3 is 0 Å². The van der Waals surface area contributed by atoms with E-state index in [1.165, 1.54) is 24.3 Å². The van der Waals surface area contributed by atoms with Crippen LogP contribution in [0.1, 0.15) is 32.6 Å². The summed E-state index contributed by atoms with van der Waals surface area (Å²) < 4.78 is 67.6. The van der Waals surface area contributed by atoms with Crippen molar-refractivity contribution in [3.63, 3.8) is 0 Å². The third-order valence-electron chi connectivity index (χ3n) is 4.88. The number of rotatable bonds is 6. The zero-order valence-corrected chi connectivity index (χ0v) is 17.1. The van der Waals surface area contributed by atoms with Crippen molar-refractivity contribution >= 4 is 25.7 Å². The lowest BCUT2D eigenvalue weighted by molar-refractivity contribution is 0.246. The molecule has 0 spiro atoms. The van der Waals surface area contributed by atoms with Gasteiger partial charge in [0.1, 0.15) is 5.82 Å². The average molecular weight is 427 g/mol. The normalized spacial score (nSPS) is 18.7. The van der Waals surface area contributed by atoms with Crippen LogP contribution in [-0.2, 0) is 20.0 Å². The van der Waals surface area contributed by atoms with Crippen LogP contribution in [0.25, 0.3) is 0 Å². The summed E-state index contributed by atoms with van der Waals surface area (Å²) in [5, 5.41) is 0. The zero-order valence-electron chi connectivity index (χ0n) is 15.5. The fraction of sp³-hybridized carbons (Fsp3) is 0.368. The molecule has 0 aromatic heterocycles. The van der Waals surface area contributed by atoms with Gasteiger partial charge in [-0.05, 0) is 67.8 Å². The van der Waals surface area contributed by atoms with Crippen molar-refractivity contribution < 1.29 is 21.2 Å². The van der Waals surface area contributed by atoms with Gasteiger partial charge in [0.25, 0.3) is 10.0 Å². The first-order chi connectivity index (χ1) is 13.2. The fourth-order valence-electron chi connectivity index (χ4n) is 3.36. The lowest BCUT2D eigenvalue weighted by Gasteiger charge is -2.34. The Bertz CT molecular complexity index is 1020. The van der Waals surface area contributed by atoms with E-state index in [4.69, 9.17) is 0 Å². The van der Waals surface area contributed by atoms with Crippen molar-refractivity contribution in [2.45, 2.75) is 48.4 Å². The Morgan fingerprint density at radius 3 is 2.18 bits per heavy atom. The van der Waals surface area contributed by atoms with Gasteiger partial charge in [-0.3, -0.25) is 4.72 Å². The first-order valence-electron chi connectivity index (χ1n) is 9.14. The molecule has 0 radical (unpaired) electrons. The lowest BCUT2D eigenvalue weighted by Crippen LogP contribution is -2.43. The second-order valence-electron chi connectivity index (χ2n) is 6.76. The Morgan fingerprint density at radius 2 is 1.57 bits per heavy atom. The number of sulfonamides is 2. The summed E-state index contributed by atoms with van der Waals surface area (Å²) in [5.41, 5.74) is 0.231. The maximum absolute atomic E-state index is 13.0. The summed E-state index contributed by atoms with van der Waals surface area (Å²) in [6.45, 7) is 2.48. The van der Waals surface area contributed by atoms with Crippen LogP contribution in [0.3, 0.4) is 0 Å². The van der Waals surface area contributed by atoms with Gasteiger partial charge in [-0.15, -0.1) is 0 Å². The van der Waals surface area contributed by atoms with E-state index in [9.17, 15) is 21.2 Å². The monoisotopic (exact) mass is 426 g/mol. The van der Waals surface area contributed by atoms with Gasteiger partial charge in [0.15, 0.2) is 0 Å². The Morgan fingerprint density at radius 1 is 0.964 bits per heavy atom. The van der Waals surface area contributed by atoms with Crippen molar-refractivity contribution in [1.29, 1.82) is 0 Å². The molecule has 1 aliphatic heterocycles. The topological polar surface area (TPSA) is 83.6 Å². The van der Waals surface area contributed by atoms with Crippen LogP contribution in [0.5, 0.6) is 0 Å². The van der Waals surface area contributed by atoms with E-state index in [0.717, 1.165) is 49.9 Å². The lowest BCUT2D eigenvalue weighted by atomic mass is 10.0. The second-order valence-corrected chi connectivity index (χ2v) is 10.3. The highest BCUT2D eigenvalue weighted by Crippen LogP contribution is 2.28. The molecular formula is C19H23FN2O4S2. The van der Waals surface area contributed by atoms with Crippen LogP contribution < -0.4 is 4.72 Å². The molecule has 1 fully saturated rings. The van der Waals surface area contributed by atoms with Crippen LogP contribution in [0.4, 0.5) is 10.1 Å². The minimum Gasteiger partial charge on any atom is -0.280 e. The molecule has 1 aliphatic rings. The third kappa shape index (κ3) is 4.37. The van der Waals surface area contributed by atoms with Crippen molar-refractivity contribution in [2.24, 2.45) is 0 Å². The molecule has 1 unspecified atom stereocenters. The summed E-state index contributed by atoms with van der Waals surface area (Å²) in [4.78, 5) is 0.0577. The molecule has 1 heterocycles. The van der Waals surface area contributed by atoms with Crippen molar-refractivity contribution in [2.75, 3.05) is 11.3 Å². The standard InChI is InChI=1S/C19H23FN2O4S2/c1-2-17-5-3-4-14-22(17)28(25,26)19-12-8-16(9-13-19)21-27(23,24)18-10-6-15(20)7-11-18/h6-13,17,21H,2-5,14H2,1H3. The zero-order chi connectivity index (χ0) is 20.4. The number of benzene rings is 2. The SMILES string of the molecule is CCC1CCCCN1S(=O)(=O)c1ccc(NS(=O)(=O)c2ccc(F)cc2)cc1. The summed E-state index contributed by atoms with van der Waals surface area (Å²) in [7, 11) is -7.51. The highest BCUT2D eigenvalue weighted by atomic mass is 32.2. The molecule has 6 nitrogen and oxygen atoms in total. The van der Waals surface area contributed by atoms with Gasteiger partial charge in [0.2, 0.25) is 10.0 Å². The molecule has 0 bridgehead atoms. The first-order valence-corrected chi connectivity index (χ1v) is 12.1. The smallest absolute Gasteiger partial charge is 0.261 e.